The lowest BCUT2D eigenvalue weighted by Crippen LogP contribution is -2.03. The molecule has 0 fully saturated rings. The molecule has 0 unspecified atom stereocenters. The second-order valence-corrected chi connectivity index (χ2v) is 5.51. The molecule has 2 rings (SSSR count). The maximum atomic E-state index is 9.11. The van der Waals surface area contributed by atoms with Crippen molar-refractivity contribution < 1.29 is 9.84 Å². The Morgan fingerprint density at radius 2 is 2.25 bits per heavy atom. The van der Waals surface area contributed by atoms with Crippen LogP contribution in [-0.4, -0.2) is 27.0 Å². The number of aliphatic hydroxyl groups is 1. The lowest BCUT2D eigenvalue weighted by molar-refractivity contribution is 0.271. The maximum Gasteiger partial charge on any atom is 0.168 e. The molecule has 0 aliphatic rings. The number of hydrogen-bond donors (Lipinski definition) is 1. The summed E-state index contributed by atoms with van der Waals surface area (Å²) in [4.78, 5) is 4.27. The molecule has 5 heteroatoms. The molecule has 1 aromatic carbocycles. The van der Waals surface area contributed by atoms with E-state index in [1.807, 2.05) is 23.7 Å². The Bertz CT molecular complexity index is 555. The molecular weight excluding hydrogens is 272 g/mol. The molecule has 4 nitrogen and oxygen atoms in total. The Kier molecular flexibility index (Phi) is 5.49. The Morgan fingerprint density at radius 3 is 2.95 bits per heavy atom. The van der Waals surface area contributed by atoms with Crippen molar-refractivity contribution in [3.8, 4) is 5.75 Å². The van der Waals surface area contributed by atoms with Crippen molar-refractivity contribution in [2.45, 2.75) is 25.1 Å². The van der Waals surface area contributed by atoms with Gasteiger partial charge in [-0.2, -0.15) is 0 Å². The number of aryl methyl sites for hydroxylation is 1. The fraction of sp³-hybridized carbons (Fsp3) is 0.400. The zero-order chi connectivity index (χ0) is 14.4. The van der Waals surface area contributed by atoms with Gasteiger partial charge in [-0.1, -0.05) is 30.8 Å². The van der Waals surface area contributed by atoms with Gasteiger partial charge in [0, 0.05) is 12.8 Å². The topological polar surface area (TPSA) is 47.3 Å². The number of rotatable bonds is 7. The van der Waals surface area contributed by atoms with E-state index in [1.165, 1.54) is 5.56 Å². The second-order valence-electron chi connectivity index (χ2n) is 4.45. The molecule has 0 saturated heterocycles. The first-order chi connectivity index (χ1) is 9.74. The summed E-state index contributed by atoms with van der Waals surface area (Å²) in [5.74, 6) is 1.74. The molecule has 1 N–H and O–H groups in total. The number of aliphatic hydroxyl groups excluding tert-OH is 1. The highest BCUT2D eigenvalue weighted by molar-refractivity contribution is 7.99. The summed E-state index contributed by atoms with van der Waals surface area (Å²) in [7, 11) is 1.91. The van der Waals surface area contributed by atoms with Gasteiger partial charge in [0.1, 0.15) is 5.75 Å². The minimum Gasteiger partial charge on any atom is -0.493 e. The van der Waals surface area contributed by atoms with Crippen molar-refractivity contribution >= 4 is 11.8 Å². The first kappa shape index (κ1) is 14.9. The fourth-order valence-corrected chi connectivity index (χ4v) is 2.64. The first-order valence-electron chi connectivity index (χ1n) is 6.70. The van der Waals surface area contributed by atoms with Crippen LogP contribution in [0.25, 0.3) is 0 Å². The smallest absolute Gasteiger partial charge is 0.168 e. The van der Waals surface area contributed by atoms with E-state index in [-0.39, 0.29) is 6.61 Å². The summed E-state index contributed by atoms with van der Waals surface area (Å²) < 4.78 is 7.64. The number of nitrogens with zero attached hydrogens (tertiary/aromatic N) is 2. The summed E-state index contributed by atoms with van der Waals surface area (Å²) in [5.41, 5.74) is 2.11. The van der Waals surface area contributed by atoms with Crippen LogP contribution in [0.1, 0.15) is 18.2 Å². The van der Waals surface area contributed by atoms with Gasteiger partial charge in [-0.3, -0.25) is 0 Å². The van der Waals surface area contributed by atoms with Crippen molar-refractivity contribution in [1.82, 2.24) is 9.55 Å². The van der Waals surface area contributed by atoms with E-state index in [0.717, 1.165) is 28.8 Å². The van der Waals surface area contributed by atoms with Gasteiger partial charge in [-0.05, 0) is 24.1 Å². The van der Waals surface area contributed by atoms with Crippen LogP contribution in [0.4, 0.5) is 0 Å². The fourth-order valence-electron chi connectivity index (χ4n) is 1.85. The zero-order valence-electron chi connectivity index (χ0n) is 11.9. The van der Waals surface area contributed by atoms with Gasteiger partial charge in [0.15, 0.2) is 5.16 Å². The van der Waals surface area contributed by atoms with Gasteiger partial charge in [0.2, 0.25) is 0 Å². The van der Waals surface area contributed by atoms with Crippen LogP contribution in [0.2, 0.25) is 0 Å². The molecule has 2 aromatic rings. The Labute approximate surface area is 123 Å². The normalized spacial score (nSPS) is 10.8. The van der Waals surface area contributed by atoms with E-state index in [4.69, 9.17) is 9.84 Å². The molecule has 0 aliphatic carbocycles. The molecule has 108 valence electrons. The van der Waals surface area contributed by atoms with Crippen LogP contribution in [0.3, 0.4) is 0 Å². The Balaban J connectivity index is 1.79. The standard InChI is InChI=1S/C15H20N2O2S/c1-3-12-5-4-6-14(9-12)19-7-8-20-15-16-10-13(11-18)17(15)2/h4-6,9-10,18H,3,7-8,11H2,1-2H3. The van der Waals surface area contributed by atoms with Gasteiger partial charge in [-0.15, -0.1) is 0 Å². The molecule has 0 aliphatic heterocycles. The third-order valence-corrected chi connectivity index (χ3v) is 4.10. The molecule has 0 atom stereocenters. The summed E-state index contributed by atoms with van der Waals surface area (Å²) in [6, 6.07) is 8.18. The van der Waals surface area contributed by atoms with Crippen molar-refractivity contribution in [3.05, 3.63) is 41.7 Å². The monoisotopic (exact) mass is 292 g/mol. The van der Waals surface area contributed by atoms with Crippen LogP contribution < -0.4 is 4.74 Å². The molecule has 0 saturated carbocycles. The second kappa shape index (κ2) is 7.36. The van der Waals surface area contributed by atoms with Crippen LogP contribution in [-0.2, 0) is 20.1 Å². The van der Waals surface area contributed by atoms with E-state index >= 15 is 0 Å². The predicted octanol–water partition coefficient (Wildman–Crippen LogP) is 2.65. The third kappa shape index (κ3) is 3.77. The van der Waals surface area contributed by atoms with E-state index in [2.05, 4.69) is 24.0 Å². The third-order valence-electron chi connectivity index (χ3n) is 3.09. The van der Waals surface area contributed by atoms with Gasteiger partial charge < -0.3 is 14.4 Å². The minimum absolute atomic E-state index is 0.0182. The van der Waals surface area contributed by atoms with Crippen molar-refractivity contribution in [2.24, 2.45) is 7.05 Å². The summed E-state index contributed by atoms with van der Waals surface area (Å²) >= 11 is 1.63. The summed E-state index contributed by atoms with van der Waals surface area (Å²) in [6.45, 7) is 2.79. The van der Waals surface area contributed by atoms with Gasteiger partial charge >= 0.3 is 0 Å². The SMILES string of the molecule is CCc1cccc(OCCSc2ncc(CO)n2C)c1. The molecule has 0 bridgehead atoms. The van der Waals surface area contributed by atoms with Crippen molar-refractivity contribution in [1.29, 1.82) is 0 Å². The van der Waals surface area contributed by atoms with Gasteiger partial charge in [-0.25, -0.2) is 4.98 Å². The Morgan fingerprint density at radius 1 is 1.40 bits per heavy atom. The highest BCUT2D eigenvalue weighted by Crippen LogP contribution is 2.18. The largest absolute Gasteiger partial charge is 0.493 e. The van der Waals surface area contributed by atoms with E-state index in [1.54, 1.807) is 18.0 Å². The molecule has 20 heavy (non-hydrogen) atoms. The molecule has 1 aromatic heterocycles. The highest BCUT2D eigenvalue weighted by atomic mass is 32.2. The lowest BCUT2D eigenvalue weighted by Gasteiger charge is -2.07. The van der Waals surface area contributed by atoms with Crippen LogP contribution in [0.15, 0.2) is 35.6 Å². The number of imidazole rings is 1. The van der Waals surface area contributed by atoms with Crippen molar-refractivity contribution in [3.63, 3.8) is 0 Å². The predicted molar refractivity (Wildman–Crippen MR) is 81.2 cm³/mol. The molecule has 0 spiro atoms. The molecule has 0 radical (unpaired) electrons. The van der Waals surface area contributed by atoms with Gasteiger partial charge in [0.25, 0.3) is 0 Å². The zero-order valence-corrected chi connectivity index (χ0v) is 12.7. The summed E-state index contributed by atoms with van der Waals surface area (Å²) in [6.07, 6.45) is 2.72. The van der Waals surface area contributed by atoms with Gasteiger partial charge in [0.05, 0.1) is 25.1 Å². The highest BCUT2D eigenvalue weighted by Gasteiger charge is 2.05. The molecule has 0 amide bonds. The first-order valence-corrected chi connectivity index (χ1v) is 7.69. The summed E-state index contributed by atoms with van der Waals surface area (Å²) in [5, 5.41) is 10.0. The Hall–Kier alpha value is -1.46. The van der Waals surface area contributed by atoms with E-state index in [9.17, 15) is 0 Å². The number of hydrogen-bond acceptors (Lipinski definition) is 4. The quantitative estimate of drug-likeness (QED) is 0.629. The minimum atomic E-state index is 0.0182. The van der Waals surface area contributed by atoms with Crippen LogP contribution >= 0.6 is 11.8 Å². The number of ether oxygens (including phenoxy) is 1. The van der Waals surface area contributed by atoms with Crippen molar-refractivity contribution in [2.75, 3.05) is 12.4 Å². The average Bonchev–Trinajstić information content (AvgIpc) is 2.84. The van der Waals surface area contributed by atoms with E-state index in [0.29, 0.717) is 6.61 Å². The molecule has 1 heterocycles. The lowest BCUT2D eigenvalue weighted by atomic mass is 10.2. The number of benzene rings is 1. The number of aromatic nitrogens is 2. The van der Waals surface area contributed by atoms with E-state index < -0.39 is 0 Å². The van der Waals surface area contributed by atoms with Crippen LogP contribution in [0.5, 0.6) is 5.75 Å². The molecular formula is C15H20N2O2S. The maximum absolute atomic E-state index is 9.11. The average molecular weight is 292 g/mol. The van der Waals surface area contributed by atoms with Crippen LogP contribution in [0, 0.1) is 0 Å². The number of thioether (sulfide) groups is 1.